The van der Waals surface area contributed by atoms with E-state index in [9.17, 15) is 34.6 Å². The molecule has 0 fully saturated rings. The van der Waals surface area contributed by atoms with Crippen LogP contribution in [0.4, 0.5) is 34.1 Å². The zero-order chi connectivity index (χ0) is 31.3. The van der Waals surface area contributed by atoms with E-state index in [2.05, 4.69) is 31.5 Å². The van der Waals surface area contributed by atoms with Crippen molar-refractivity contribution >= 4 is 67.8 Å². The summed E-state index contributed by atoms with van der Waals surface area (Å²) in [4.78, 5) is 62.1. The van der Waals surface area contributed by atoms with Gasteiger partial charge in [0.1, 0.15) is 5.69 Å². The number of nitro groups is 2. The Labute approximate surface area is 253 Å². The number of imide groups is 1. The molecule has 0 unspecified atom stereocenters. The Morgan fingerprint density at radius 2 is 1.65 bits per heavy atom. The minimum Gasteiger partial charge on any atom is -0.372 e. The van der Waals surface area contributed by atoms with Gasteiger partial charge in [0.2, 0.25) is 5.91 Å². The van der Waals surface area contributed by atoms with Gasteiger partial charge in [0.25, 0.3) is 17.5 Å². The molecule has 43 heavy (non-hydrogen) atoms. The molecule has 3 aromatic rings. The lowest BCUT2D eigenvalue weighted by molar-refractivity contribution is -0.393. The molecule has 0 bridgehead atoms. The highest BCUT2D eigenvalue weighted by Gasteiger charge is 2.34. The third-order valence-corrected chi connectivity index (χ3v) is 7.31. The van der Waals surface area contributed by atoms with E-state index in [4.69, 9.17) is 0 Å². The average molecular weight is 652 g/mol. The fraction of sp³-hybridized carbons (Fsp3) is 0.250. The van der Waals surface area contributed by atoms with Crippen molar-refractivity contribution in [2.45, 2.75) is 26.7 Å². The molecule has 0 saturated heterocycles. The van der Waals surface area contributed by atoms with Crippen LogP contribution >= 0.6 is 15.9 Å². The van der Waals surface area contributed by atoms with Crippen LogP contribution in [0.1, 0.15) is 47.4 Å². The summed E-state index contributed by atoms with van der Waals surface area (Å²) in [5, 5.41) is 33.6. The van der Waals surface area contributed by atoms with Crippen molar-refractivity contribution in [2.24, 2.45) is 10.2 Å². The smallest absolute Gasteiger partial charge is 0.304 e. The number of carbonyl (C=O) groups is 3. The van der Waals surface area contributed by atoms with E-state index in [-0.39, 0.29) is 46.5 Å². The van der Waals surface area contributed by atoms with Gasteiger partial charge in [-0.1, -0.05) is 19.1 Å². The first-order valence-corrected chi connectivity index (χ1v) is 14.0. The van der Waals surface area contributed by atoms with Crippen molar-refractivity contribution in [1.29, 1.82) is 0 Å². The number of nitro benzene ring substituents is 2. The molecular weight excluding hydrogens is 626 g/mol. The number of nitrogens with one attached hydrogen (secondary N) is 1. The number of hydrogen-bond acceptors (Lipinski definition) is 10. The van der Waals surface area contributed by atoms with Crippen molar-refractivity contribution < 1.29 is 24.2 Å². The zero-order valence-electron chi connectivity index (χ0n) is 23.2. The van der Waals surface area contributed by atoms with E-state index >= 15 is 0 Å². The molecule has 1 heterocycles. The SMILES string of the molecule is CCC(=O)Nc1cc(N(CC)CCCN2C(=O)c3ccccc3C2=O)ccc1/N=N/c1c(Br)cc([N+](=O)[O-])cc1[N+](=O)[O-]. The highest BCUT2D eigenvalue weighted by Crippen LogP contribution is 2.41. The molecule has 0 spiro atoms. The highest BCUT2D eigenvalue weighted by atomic mass is 79.9. The van der Waals surface area contributed by atoms with Gasteiger partial charge in [-0.25, -0.2) is 0 Å². The lowest BCUT2D eigenvalue weighted by Crippen LogP contribution is -2.33. The summed E-state index contributed by atoms with van der Waals surface area (Å²) in [5.74, 6) is -0.935. The molecule has 0 atom stereocenters. The van der Waals surface area contributed by atoms with Crippen molar-refractivity contribution in [2.75, 3.05) is 29.9 Å². The predicted octanol–water partition coefficient (Wildman–Crippen LogP) is 6.54. The molecule has 0 aromatic heterocycles. The van der Waals surface area contributed by atoms with Crippen LogP contribution in [0, 0.1) is 20.2 Å². The Hall–Kier alpha value is -5.05. The molecule has 0 aliphatic carbocycles. The summed E-state index contributed by atoms with van der Waals surface area (Å²) in [6.45, 7) is 4.91. The van der Waals surface area contributed by atoms with Crippen LogP contribution in [0.5, 0.6) is 0 Å². The lowest BCUT2D eigenvalue weighted by atomic mass is 10.1. The number of nitrogens with zero attached hydrogens (tertiary/aromatic N) is 6. The first-order chi connectivity index (χ1) is 20.5. The van der Waals surface area contributed by atoms with Crippen LogP contribution in [0.25, 0.3) is 0 Å². The third kappa shape index (κ3) is 6.72. The standard InChI is InChI=1S/C28H26BrN7O7/c1-3-25(37)30-23-15-17(33(4-2)12-7-13-34-27(38)19-8-5-6-9-20(19)28(34)39)10-11-22(23)31-32-26-21(29)14-18(35(40)41)16-24(26)36(42)43/h5-6,8-11,14-16H,3-4,7,12-13H2,1-2H3,(H,30,37)/b32-31+. The minimum atomic E-state index is -0.796. The lowest BCUT2D eigenvalue weighted by Gasteiger charge is -2.25. The maximum atomic E-state index is 12.7. The number of carbonyl (C=O) groups excluding carboxylic acids is 3. The fourth-order valence-electron chi connectivity index (χ4n) is 4.50. The molecular formula is C28H26BrN7O7. The average Bonchev–Trinajstić information content (AvgIpc) is 3.23. The van der Waals surface area contributed by atoms with Crippen LogP contribution in [0.3, 0.4) is 0 Å². The van der Waals surface area contributed by atoms with Crippen molar-refractivity contribution in [1.82, 2.24) is 4.90 Å². The molecule has 3 aromatic carbocycles. The summed E-state index contributed by atoms with van der Waals surface area (Å²) < 4.78 is 0.00290. The highest BCUT2D eigenvalue weighted by molar-refractivity contribution is 9.10. The number of hydrogen-bond donors (Lipinski definition) is 1. The Morgan fingerprint density at radius 1 is 0.977 bits per heavy atom. The Kier molecular flexibility index (Phi) is 9.55. The molecule has 0 radical (unpaired) electrons. The summed E-state index contributed by atoms with van der Waals surface area (Å²) in [6.07, 6.45) is 0.674. The molecule has 3 amide bonds. The summed E-state index contributed by atoms with van der Waals surface area (Å²) in [5.41, 5.74) is 0.684. The van der Waals surface area contributed by atoms with Gasteiger partial charge >= 0.3 is 5.69 Å². The molecule has 15 heteroatoms. The van der Waals surface area contributed by atoms with Crippen molar-refractivity contribution in [3.8, 4) is 0 Å². The number of benzene rings is 3. The van der Waals surface area contributed by atoms with E-state index in [1.54, 1.807) is 49.4 Å². The van der Waals surface area contributed by atoms with E-state index in [1.807, 2.05) is 11.8 Å². The van der Waals surface area contributed by atoms with Gasteiger partial charge in [-0.3, -0.25) is 39.5 Å². The molecule has 1 N–H and O–H groups in total. The number of non-ortho nitro benzene ring substituents is 1. The van der Waals surface area contributed by atoms with Crippen LogP contribution < -0.4 is 10.2 Å². The van der Waals surface area contributed by atoms with Crippen LogP contribution in [-0.2, 0) is 4.79 Å². The number of amides is 3. The quantitative estimate of drug-likeness (QED) is 0.0990. The monoisotopic (exact) mass is 651 g/mol. The largest absolute Gasteiger partial charge is 0.372 e. The van der Waals surface area contributed by atoms with Gasteiger partial charge in [-0.2, -0.15) is 0 Å². The Morgan fingerprint density at radius 3 is 2.23 bits per heavy atom. The fourth-order valence-corrected chi connectivity index (χ4v) is 5.01. The van der Waals surface area contributed by atoms with Gasteiger partial charge in [0, 0.05) is 37.8 Å². The summed E-state index contributed by atoms with van der Waals surface area (Å²) in [6, 6.07) is 13.6. The molecule has 14 nitrogen and oxygen atoms in total. The first kappa shape index (κ1) is 30.9. The molecule has 4 rings (SSSR count). The van der Waals surface area contributed by atoms with Crippen molar-refractivity contribution in [3.05, 3.63) is 90.4 Å². The number of fused-ring (bicyclic) bond motifs is 1. The Bertz CT molecular complexity index is 1630. The van der Waals surface area contributed by atoms with E-state index in [1.165, 1.54) is 4.90 Å². The second-order valence-electron chi connectivity index (χ2n) is 9.35. The topological polar surface area (TPSA) is 181 Å². The van der Waals surface area contributed by atoms with Gasteiger partial charge in [-0.05, 0) is 59.6 Å². The number of rotatable bonds is 12. The van der Waals surface area contributed by atoms with E-state index in [0.29, 0.717) is 36.3 Å². The predicted molar refractivity (Wildman–Crippen MR) is 161 cm³/mol. The van der Waals surface area contributed by atoms with E-state index < -0.39 is 21.2 Å². The number of azo groups is 1. The number of anilines is 2. The second kappa shape index (κ2) is 13.3. The van der Waals surface area contributed by atoms with Crippen LogP contribution in [0.15, 0.2) is 69.3 Å². The van der Waals surface area contributed by atoms with Crippen LogP contribution in [-0.4, -0.2) is 52.1 Å². The maximum absolute atomic E-state index is 12.7. The van der Waals surface area contributed by atoms with Gasteiger partial charge < -0.3 is 10.2 Å². The zero-order valence-corrected chi connectivity index (χ0v) is 24.7. The molecule has 0 saturated carbocycles. The summed E-state index contributed by atoms with van der Waals surface area (Å²) >= 11 is 3.10. The van der Waals surface area contributed by atoms with Gasteiger partial charge in [0.05, 0.1) is 37.2 Å². The normalized spacial score (nSPS) is 12.5. The molecule has 222 valence electrons. The molecule has 1 aliphatic heterocycles. The second-order valence-corrected chi connectivity index (χ2v) is 10.2. The first-order valence-electron chi connectivity index (χ1n) is 13.2. The minimum absolute atomic E-state index is 0.00290. The summed E-state index contributed by atoms with van der Waals surface area (Å²) in [7, 11) is 0. The van der Waals surface area contributed by atoms with E-state index in [0.717, 1.165) is 17.8 Å². The number of halogens is 1. The van der Waals surface area contributed by atoms with Gasteiger partial charge in [-0.15, -0.1) is 10.2 Å². The van der Waals surface area contributed by atoms with Gasteiger partial charge in [0.15, 0.2) is 5.69 Å². The molecule has 1 aliphatic rings. The van der Waals surface area contributed by atoms with Crippen molar-refractivity contribution in [3.63, 3.8) is 0 Å². The van der Waals surface area contributed by atoms with Crippen LogP contribution in [0.2, 0.25) is 0 Å². The Balaban J connectivity index is 1.56. The third-order valence-electron chi connectivity index (χ3n) is 6.70. The maximum Gasteiger partial charge on any atom is 0.304 e.